The first-order valence-electron chi connectivity index (χ1n) is 4.95. The average molecular weight is 216 g/mol. The fourth-order valence-electron chi connectivity index (χ4n) is 0.913. The number of hydrogen-bond donors (Lipinski definition) is 1. The van der Waals surface area contributed by atoms with E-state index in [2.05, 4.69) is 12.2 Å². The Hall–Kier alpha value is -0.640. The van der Waals surface area contributed by atoms with Crippen molar-refractivity contribution in [2.75, 3.05) is 13.1 Å². The van der Waals surface area contributed by atoms with Gasteiger partial charge in [0.25, 0.3) is 0 Å². The summed E-state index contributed by atoms with van der Waals surface area (Å²) in [6.45, 7) is 9.17. The van der Waals surface area contributed by atoms with Gasteiger partial charge in [0.15, 0.2) is 0 Å². The Morgan fingerprint density at radius 3 is 2.43 bits per heavy atom. The van der Waals surface area contributed by atoms with Crippen LogP contribution in [0.15, 0.2) is 0 Å². The van der Waals surface area contributed by atoms with Gasteiger partial charge in [-0.15, -0.1) is 0 Å². The number of thiocarbonyl (C=S) groups is 1. The summed E-state index contributed by atoms with van der Waals surface area (Å²) in [6.07, 6.45) is 0.919. The van der Waals surface area contributed by atoms with Gasteiger partial charge in [-0.3, -0.25) is 4.79 Å². The standard InChI is InChI=1S/C10H20N2OS/c1-5-10(3,4)11-9(13)7-12(6-2)8-14/h8H,5-7H2,1-4H3,(H,11,13). The van der Waals surface area contributed by atoms with E-state index in [1.54, 1.807) is 4.90 Å². The normalized spacial score (nSPS) is 10.9. The van der Waals surface area contributed by atoms with Crippen LogP contribution in [0.4, 0.5) is 0 Å². The molecule has 1 N–H and O–H groups in total. The molecule has 0 rings (SSSR count). The van der Waals surface area contributed by atoms with Crippen molar-refractivity contribution in [2.45, 2.75) is 39.7 Å². The molecule has 0 unspecified atom stereocenters. The van der Waals surface area contributed by atoms with Crippen molar-refractivity contribution in [1.82, 2.24) is 10.2 Å². The van der Waals surface area contributed by atoms with Gasteiger partial charge in [-0.25, -0.2) is 0 Å². The van der Waals surface area contributed by atoms with Crippen molar-refractivity contribution in [3.63, 3.8) is 0 Å². The predicted octanol–water partition coefficient (Wildman–Crippen LogP) is 1.57. The van der Waals surface area contributed by atoms with Gasteiger partial charge in [-0.2, -0.15) is 0 Å². The summed E-state index contributed by atoms with van der Waals surface area (Å²) in [6, 6.07) is 0. The lowest BCUT2D eigenvalue weighted by molar-refractivity contribution is -0.122. The van der Waals surface area contributed by atoms with Crippen molar-refractivity contribution in [2.24, 2.45) is 0 Å². The zero-order chi connectivity index (χ0) is 11.2. The number of rotatable bonds is 6. The van der Waals surface area contributed by atoms with Crippen LogP contribution in [0.2, 0.25) is 0 Å². The summed E-state index contributed by atoms with van der Waals surface area (Å²) >= 11 is 4.78. The molecule has 0 aliphatic rings. The van der Waals surface area contributed by atoms with Crippen LogP contribution in [0.1, 0.15) is 34.1 Å². The van der Waals surface area contributed by atoms with Crippen LogP contribution in [-0.2, 0) is 4.79 Å². The largest absolute Gasteiger partial charge is 0.360 e. The minimum atomic E-state index is -0.127. The number of amides is 1. The summed E-state index contributed by atoms with van der Waals surface area (Å²) in [5.74, 6) is 0.0276. The highest BCUT2D eigenvalue weighted by molar-refractivity contribution is 7.78. The summed E-state index contributed by atoms with van der Waals surface area (Å²) in [5.41, 5.74) is 1.40. The van der Waals surface area contributed by atoms with Crippen molar-refractivity contribution < 1.29 is 4.79 Å². The molecule has 0 radical (unpaired) electrons. The van der Waals surface area contributed by atoms with Crippen molar-refractivity contribution in [1.29, 1.82) is 0 Å². The molecule has 0 aliphatic heterocycles. The molecular weight excluding hydrogens is 196 g/mol. The maximum Gasteiger partial charge on any atom is 0.239 e. The van der Waals surface area contributed by atoms with Gasteiger partial charge in [0.2, 0.25) is 5.91 Å². The van der Waals surface area contributed by atoms with Crippen molar-refractivity contribution >= 4 is 23.6 Å². The van der Waals surface area contributed by atoms with Crippen LogP contribution in [0.25, 0.3) is 0 Å². The van der Waals surface area contributed by atoms with Crippen LogP contribution in [0.5, 0.6) is 0 Å². The molecule has 0 aromatic rings. The molecule has 3 nitrogen and oxygen atoms in total. The van der Waals surface area contributed by atoms with Gasteiger partial charge in [0, 0.05) is 12.1 Å². The first-order valence-corrected chi connectivity index (χ1v) is 5.42. The molecule has 1 amide bonds. The molecule has 0 spiro atoms. The van der Waals surface area contributed by atoms with Gasteiger partial charge >= 0.3 is 0 Å². The van der Waals surface area contributed by atoms with Gasteiger partial charge < -0.3 is 10.2 Å². The van der Waals surface area contributed by atoms with Crippen LogP contribution in [0.3, 0.4) is 0 Å². The molecule has 0 aromatic heterocycles. The van der Waals surface area contributed by atoms with E-state index < -0.39 is 0 Å². The zero-order valence-corrected chi connectivity index (χ0v) is 10.3. The lowest BCUT2D eigenvalue weighted by atomic mass is 10.0. The monoisotopic (exact) mass is 216 g/mol. The number of nitrogens with one attached hydrogen (secondary N) is 1. The Morgan fingerprint density at radius 2 is 2.07 bits per heavy atom. The van der Waals surface area contributed by atoms with E-state index in [0.717, 1.165) is 13.0 Å². The van der Waals surface area contributed by atoms with Gasteiger partial charge in [-0.1, -0.05) is 19.1 Å². The lowest BCUT2D eigenvalue weighted by Crippen LogP contribution is -2.47. The minimum absolute atomic E-state index is 0.0276. The third kappa shape index (κ3) is 5.17. The molecule has 4 heteroatoms. The summed E-state index contributed by atoms with van der Waals surface area (Å²) in [4.78, 5) is 13.3. The number of carbonyl (C=O) groups is 1. The first-order chi connectivity index (χ1) is 6.45. The topological polar surface area (TPSA) is 32.3 Å². The maximum atomic E-state index is 11.5. The molecular formula is C10H20N2OS. The van der Waals surface area contributed by atoms with E-state index in [-0.39, 0.29) is 11.4 Å². The summed E-state index contributed by atoms with van der Waals surface area (Å²) in [7, 11) is 0. The molecule has 0 aromatic carbocycles. The predicted molar refractivity (Wildman–Crippen MR) is 63.4 cm³/mol. The molecule has 0 saturated heterocycles. The minimum Gasteiger partial charge on any atom is -0.360 e. The third-order valence-corrected chi connectivity index (χ3v) is 2.56. The SMILES string of the molecule is CCN(C=S)CC(=O)NC(C)(C)CC. The maximum absolute atomic E-state index is 11.5. The third-order valence-electron chi connectivity index (χ3n) is 2.26. The number of likely N-dealkylation sites (N-methyl/N-ethyl adjacent to an activating group) is 1. The van der Waals surface area contributed by atoms with Gasteiger partial charge in [0.05, 0.1) is 12.0 Å². The molecule has 0 aliphatic carbocycles. The molecule has 0 bridgehead atoms. The molecule has 14 heavy (non-hydrogen) atoms. The lowest BCUT2D eigenvalue weighted by Gasteiger charge is -2.26. The van der Waals surface area contributed by atoms with E-state index in [0.29, 0.717) is 6.54 Å². The highest BCUT2D eigenvalue weighted by atomic mass is 32.1. The molecule has 0 fully saturated rings. The first kappa shape index (κ1) is 13.4. The Kier molecular flexibility index (Phi) is 5.69. The highest BCUT2D eigenvalue weighted by Gasteiger charge is 2.18. The smallest absolute Gasteiger partial charge is 0.239 e. The molecule has 0 atom stereocenters. The number of nitrogens with zero attached hydrogens (tertiary/aromatic N) is 1. The second-order valence-electron chi connectivity index (χ2n) is 3.95. The Morgan fingerprint density at radius 1 is 1.50 bits per heavy atom. The second kappa shape index (κ2) is 5.96. The second-order valence-corrected chi connectivity index (χ2v) is 4.16. The van der Waals surface area contributed by atoms with Crippen molar-refractivity contribution in [3.05, 3.63) is 0 Å². The Bertz CT molecular complexity index is 204. The average Bonchev–Trinajstić information content (AvgIpc) is 2.13. The van der Waals surface area contributed by atoms with Crippen LogP contribution < -0.4 is 5.32 Å². The Labute approximate surface area is 91.9 Å². The number of hydrogen-bond acceptors (Lipinski definition) is 2. The molecule has 82 valence electrons. The molecule has 0 saturated carbocycles. The van der Waals surface area contributed by atoms with Gasteiger partial charge in [-0.05, 0) is 27.2 Å². The van der Waals surface area contributed by atoms with Crippen LogP contribution in [-0.4, -0.2) is 34.9 Å². The summed E-state index contributed by atoms with van der Waals surface area (Å²) < 4.78 is 0. The fraction of sp³-hybridized carbons (Fsp3) is 0.800. The highest BCUT2D eigenvalue weighted by Crippen LogP contribution is 2.06. The van der Waals surface area contributed by atoms with E-state index in [1.165, 1.54) is 5.49 Å². The Balaban J connectivity index is 4.03. The zero-order valence-electron chi connectivity index (χ0n) is 9.46. The summed E-state index contributed by atoms with van der Waals surface area (Å²) in [5, 5.41) is 2.96. The van der Waals surface area contributed by atoms with Crippen LogP contribution in [0, 0.1) is 0 Å². The van der Waals surface area contributed by atoms with Crippen molar-refractivity contribution in [3.8, 4) is 0 Å². The van der Waals surface area contributed by atoms with E-state index in [9.17, 15) is 4.79 Å². The van der Waals surface area contributed by atoms with E-state index >= 15 is 0 Å². The fourth-order valence-corrected chi connectivity index (χ4v) is 1.14. The van der Waals surface area contributed by atoms with Crippen LogP contribution >= 0.6 is 12.2 Å². The quantitative estimate of drug-likeness (QED) is 0.684. The molecule has 0 heterocycles. The van der Waals surface area contributed by atoms with Gasteiger partial charge in [0.1, 0.15) is 0 Å². The van der Waals surface area contributed by atoms with E-state index in [1.807, 2.05) is 20.8 Å². The number of carbonyl (C=O) groups excluding carboxylic acids is 1. The van der Waals surface area contributed by atoms with E-state index in [4.69, 9.17) is 12.2 Å².